The van der Waals surface area contributed by atoms with Crippen LogP contribution in [-0.4, -0.2) is 75.2 Å². The molecular weight excluding hydrogens is 396 g/mol. The minimum atomic E-state index is -4.68. The first-order chi connectivity index (χ1) is 13.1. The number of nitrogens with zero attached hydrogens (tertiary/aromatic N) is 2. The highest BCUT2D eigenvalue weighted by atomic mass is 32.2. The van der Waals surface area contributed by atoms with Crippen molar-refractivity contribution >= 4 is 27.8 Å². The maximum atomic E-state index is 12.0. The highest BCUT2D eigenvalue weighted by Gasteiger charge is 2.48. The molecule has 1 saturated carbocycles. The smallest absolute Gasteiger partial charge is 0.277 e. The second kappa shape index (κ2) is 8.03. The predicted molar refractivity (Wildman–Crippen MR) is 91.3 cm³/mol. The topological polar surface area (TPSA) is 162 Å². The van der Waals surface area contributed by atoms with Crippen molar-refractivity contribution in [3.05, 3.63) is 0 Å². The highest BCUT2D eigenvalue weighted by Crippen LogP contribution is 2.34. The molecule has 158 valence electrons. The van der Waals surface area contributed by atoms with Gasteiger partial charge in [-0.05, 0) is 31.6 Å². The first-order valence-corrected chi connectivity index (χ1v) is 10.7. The van der Waals surface area contributed by atoms with Gasteiger partial charge in [-0.1, -0.05) is 0 Å². The summed E-state index contributed by atoms with van der Waals surface area (Å²) in [5.74, 6) is -1.69. The lowest BCUT2D eigenvalue weighted by atomic mass is 9.81. The van der Waals surface area contributed by atoms with Crippen molar-refractivity contribution < 1.29 is 42.4 Å². The van der Waals surface area contributed by atoms with Crippen molar-refractivity contribution in [1.82, 2.24) is 9.96 Å². The zero-order chi connectivity index (χ0) is 20.6. The number of hydrogen-bond donors (Lipinski definition) is 3. The van der Waals surface area contributed by atoms with Crippen LogP contribution in [0.3, 0.4) is 0 Å². The molecule has 2 aliphatic heterocycles. The Morgan fingerprint density at radius 3 is 2.14 bits per heavy atom. The van der Waals surface area contributed by atoms with Crippen LogP contribution in [-0.2, 0) is 29.3 Å². The van der Waals surface area contributed by atoms with Crippen LogP contribution in [0.15, 0.2) is 0 Å². The fourth-order valence-corrected chi connectivity index (χ4v) is 4.77. The van der Waals surface area contributed by atoms with Gasteiger partial charge < -0.3 is 10.2 Å². The second-order valence-electron chi connectivity index (χ2n) is 7.56. The van der Waals surface area contributed by atoms with Gasteiger partial charge in [0.2, 0.25) is 11.8 Å². The van der Waals surface area contributed by atoms with Gasteiger partial charge in [-0.2, -0.15) is 13.5 Å². The van der Waals surface area contributed by atoms with E-state index in [1.807, 2.05) is 0 Å². The SMILES string of the molecule is O=C1CCC(=O)N1CC1CCC([C@@H](O)ON2C(=O)C(S(=O)(=O)O)CC2O)CC1. The number of aliphatic hydroxyl groups is 2. The van der Waals surface area contributed by atoms with Gasteiger partial charge in [0.05, 0.1) is 0 Å². The first-order valence-electron chi connectivity index (χ1n) is 9.23. The van der Waals surface area contributed by atoms with Crippen LogP contribution in [0, 0.1) is 11.8 Å². The van der Waals surface area contributed by atoms with Gasteiger partial charge in [0.15, 0.2) is 17.8 Å². The summed E-state index contributed by atoms with van der Waals surface area (Å²) in [6.45, 7) is 0.362. The molecule has 0 bridgehead atoms. The minimum Gasteiger partial charge on any atom is -0.371 e. The molecule has 0 spiro atoms. The molecule has 3 atom stereocenters. The van der Waals surface area contributed by atoms with Gasteiger partial charge in [0.1, 0.15) is 0 Å². The first kappa shape index (κ1) is 21.1. The Bertz CT molecular complexity index is 731. The lowest BCUT2D eigenvalue weighted by Crippen LogP contribution is -2.42. The molecule has 28 heavy (non-hydrogen) atoms. The Labute approximate surface area is 161 Å². The monoisotopic (exact) mass is 420 g/mol. The summed E-state index contributed by atoms with van der Waals surface area (Å²) in [5, 5.41) is 18.7. The molecular formula is C16H24N2O9S. The second-order valence-corrected chi connectivity index (χ2v) is 9.16. The van der Waals surface area contributed by atoms with E-state index in [1.165, 1.54) is 4.90 Å². The van der Waals surface area contributed by atoms with E-state index >= 15 is 0 Å². The zero-order valence-electron chi connectivity index (χ0n) is 15.1. The molecule has 3 N–H and O–H groups in total. The van der Waals surface area contributed by atoms with Crippen molar-refractivity contribution in [2.45, 2.75) is 62.7 Å². The van der Waals surface area contributed by atoms with E-state index < -0.39 is 40.2 Å². The van der Waals surface area contributed by atoms with Crippen molar-refractivity contribution in [1.29, 1.82) is 0 Å². The normalized spacial score (nSPS) is 33.0. The molecule has 3 amide bonds. The standard InChI is InChI=1S/C16H24N2O9S/c19-12-5-6-13(20)17(12)8-9-1-3-10(4-2-9)16(23)27-18-14(21)7-11(15(18)22)28(24,25)26/h9-11,14,16,21,23H,1-8H2,(H,24,25,26)/t9?,10?,11?,14?,16-/m0/s1. The molecule has 2 heterocycles. The highest BCUT2D eigenvalue weighted by molar-refractivity contribution is 7.87. The van der Waals surface area contributed by atoms with Gasteiger partial charge in [0.25, 0.3) is 16.0 Å². The fourth-order valence-electron chi connectivity index (χ4n) is 3.99. The third-order valence-electron chi connectivity index (χ3n) is 5.66. The molecule has 3 rings (SSSR count). The van der Waals surface area contributed by atoms with E-state index in [4.69, 9.17) is 9.39 Å². The Hall–Kier alpha value is -1.60. The van der Waals surface area contributed by atoms with Crippen LogP contribution in [0.25, 0.3) is 0 Å². The van der Waals surface area contributed by atoms with E-state index in [0.29, 0.717) is 37.3 Å². The van der Waals surface area contributed by atoms with Crippen molar-refractivity contribution in [2.24, 2.45) is 11.8 Å². The summed E-state index contributed by atoms with van der Waals surface area (Å²) < 4.78 is 31.4. The maximum absolute atomic E-state index is 12.0. The van der Waals surface area contributed by atoms with E-state index in [2.05, 4.69) is 0 Å². The molecule has 0 radical (unpaired) electrons. The number of likely N-dealkylation sites (tertiary alicyclic amines) is 1. The number of carbonyl (C=O) groups excluding carboxylic acids is 3. The Balaban J connectivity index is 1.50. The van der Waals surface area contributed by atoms with Crippen LogP contribution in [0.4, 0.5) is 0 Å². The molecule has 1 aliphatic carbocycles. The van der Waals surface area contributed by atoms with Gasteiger partial charge in [-0.3, -0.25) is 23.8 Å². The molecule has 0 aromatic heterocycles. The molecule has 0 aromatic carbocycles. The summed E-state index contributed by atoms with van der Waals surface area (Å²) in [6, 6.07) is 0. The van der Waals surface area contributed by atoms with Gasteiger partial charge >= 0.3 is 0 Å². The van der Waals surface area contributed by atoms with Crippen LogP contribution in [0.1, 0.15) is 44.9 Å². The molecule has 3 aliphatic rings. The average Bonchev–Trinajstić information content (AvgIpc) is 3.09. The molecule has 0 aromatic rings. The van der Waals surface area contributed by atoms with Crippen LogP contribution in [0.5, 0.6) is 0 Å². The van der Waals surface area contributed by atoms with Crippen LogP contribution in [0.2, 0.25) is 0 Å². The number of aliphatic hydroxyl groups excluding tert-OH is 2. The van der Waals surface area contributed by atoms with Gasteiger partial charge in [-0.25, -0.2) is 4.84 Å². The Morgan fingerprint density at radius 1 is 1.07 bits per heavy atom. The minimum absolute atomic E-state index is 0.123. The summed E-state index contributed by atoms with van der Waals surface area (Å²) in [4.78, 5) is 41.8. The van der Waals surface area contributed by atoms with E-state index in [9.17, 15) is 33.0 Å². The van der Waals surface area contributed by atoms with Crippen LogP contribution < -0.4 is 0 Å². The molecule has 2 unspecified atom stereocenters. The molecule has 2 saturated heterocycles. The van der Waals surface area contributed by atoms with Crippen molar-refractivity contribution in [2.75, 3.05) is 6.54 Å². The summed E-state index contributed by atoms with van der Waals surface area (Å²) in [7, 11) is -4.68. The number of amides is 3. The van der Waals surface area contributed by atoms with Crippen molar-refractivity contribution in [3.8, 4) is 0 Å². The number of hydrogen-bond acceptors (Lipinski definition) is 8. The predicted octanol–water partition coefficient (Wildman–Crippen LogP) is -1.00. The maximum Gasteiger partial charge on any atom is 0.277 e. The van der Waals surface area contributed by atoms with E-state index in [-0.39, 0.29) is 36.5 Å². The summed E-state index contributed by atoms with van der Waals surface area (Å²) in [6.07, 6.45) is -0.751. The van der Waals surface area contributed by atoms with E-state index in [1.54, 1.807) is 0 Å². The third kappa shape index (κ3) is 4.35. The lowest BCUT2D eigenvalue weighted by molar-refractivity contribution is -0.301. The quantitative estimate of drug-likeness (QED) is 0.278. The summed E-state index contributed by atoms with van der Waals surface area (Å²) in [5.41, 5.74) is 0. The molecule has 3 fully saturated rings. The van der Waals surface area contributed by atoms with E-state index in [0.717, 1.165) is 0 Å². The molecule has 11 nitrogen and oxygen atoms in total. The number of rotatable bonds is 6. The zero-order valence-corrected chi connectivity index (χ0v) is 16.0. The Morgan fingerprint density at radius 2 is 1.64 bits per heavy atom. The Kier molecular flexibility index (Phi) is 6.05. The lowest BCUT2D eigenvalue weighted by Gasteiger charge is -2.34. The summed E-state index contributed by atoms with van der Waals surface area (Å²) >= 11 is 0. The average molecular weight is 420 g/mol. The number of imide groups is 1. The largest absolute Gasteiger partial charge is 0.371 e. The fraction of sp³-hybridized carbons (Fsp3) is 0.812. The van der Waals surface area contributed by atoms with Crippen LogP contribution >= 0.6 is 0 Å². The molecule has 12 heteroatoms. The van der Waals surface area contributed by atoms with Crippen molar-refractivity contribution in [3.63, 3.8) is 0 Å². The number of hydroxylamine groups is 2. The number of carbonyl (C=O) groups is 3. The van der Waals surface area contributed by atoms with Gasteiger partial charge in [0, 0.05) is 31.7 Å². The third-order valence-corrected chi connectivity index (χ3v) is 6.77. The van der Waals surface area contributed by atoms with Gasteiger partial charge in [-0.15, -0.1) is 0 Å².